The average Bonchev–Trinajstić information content (AvgIpc) is 2.67. The monoisotopic (exact) mass is 405 g/mol. The maximum atomic E-state index is 11.9. The van der Waals surface area contributed by atoms with Crippen LogP contribution in [0.3, 0.4) is 0 Å². The Morgan fingerprint density at radius 2 is 1.79 bits per heavy atom. The molecular weight excluding hydrogens is 382 g/mol. The maximum Gasteiger partial charge on any atom is 0.310 e. The van der Waals surface area contributed by atoms with Gasteiger partial charge in [-0.05, 0) is 49.2 Å². The molecule has 1 aliphatic rings. The molecule has 1 heterocycles. The summed E-state index contributed by atoms with van der Waals surface area (Å²) in [4.78, 5) is 12.9. The van der Waals surface area contributed by atoms with E-state index in [1.807, 2.05) is 24.3 Å². The molecule has 1 saturated heterocycles. The van der Waals surface area contributed by atoms with Crippen LogP contribution in [-0.2, 0) is 9.84 Å². The van der Waals surface area contributed by atoms with Gasteiger partial charge in [-0.3, -0.25) is 10.1 Å². The Hall–Kier alpha value is -2.81. The molecule has 0 aliphatic carbocycles. The lowest BCUT2D eigenvalue weighted by molar-refractivity contribution is -0.386. The SMILES string of the molecule is COc1ccc(N2CCC(Nc3cccc(S(C)(=O)=O)c3[N+](=O)[O-])CC2)cc1. The van der Waals surface area contributed by atoms with Crippen LogP contribution in [0.5, 0.6) is 5.75 Å². The number of nitro groups is 1. The number of hydrogen-bond acceptors (Lipinski definition) is 7. The molecule has 1 aliphatic heterocycles. The Bertz CT molecular complexity index is 952. The summed E-state index contributed by atoms with van der Waals surface area (Å²) in [6, 6.07) is 12.2. The standard InChI is InChI=1S/C19H23N3O5S/c1-27-16-8-6-15(7-9-16)21-12-10-14(11-13-21)20-17-4-3-5-18(28(2,25)26)19(17)22(23)24/h3-9,14,20H,10-13H2,1-2H3. The fourth-order valence-electron chi connectivity index (χ4n) is 3.42. The maximum absolute atomic E-state index is 11.9. The molecule has 0 radical (unpaired) electrons. The van der Waals surface area contributed by atoms with Gasteiger partial charge >= 0.3 is 5.69 Å². The van der Waals surface area contributed by atoms with Crippen LogP contribution < -0.4 is 15.0 Å². The van der Waals surface area contributed by atoms with Gasteiger partial charge in [0.2, 0.25) is 0 Å². The summed E-state index contributed by atoms with van der Waals surface area (Å²) in [6.07, 6.45) is 2.55. The van der Waals surface area contributed by atoms with Crippen molar-refractivity contribution in [2.75, 3.05) is 36.7 Å². The van der Waals surface area contributed by atoms with E-state index in [2.05, 4.69) is 10.2 Å². The fourth-order valence-corrected chi connectivity index (χ4v) is 4.28. The second kappa shape index (κ2) is 8.05. The summed E-state index contributed by atoms with van der Waals surface area (Å²) in [5, 5.41) is 14.7. The van der Waals surface area contributed by atoms with E-state index in [1.54, 1.807) is 13.2 Å². The van der Waals surface area contributed by atoms with E-state index in [9.17, 15) is 18.5 Å². The molecule has 0 atom stereocenters. The highest BCUT2D eigenvalue weighted by Crippen LogP contribution is 2.33. The van der Waals surface area contributed by atoms with Crippen LogP contribution in [-0.4, -0.2) is 45.8 Å². The van der Waals surface area contributed by atoms with Gasteiger partial charge in [-0.15, -0.1) is 0 Å². The molecule has 0 aromatic heterocycles. The largest absolute Gasteiger partial charge is 0.497 e. The molecule has 0 bridgehead atoms. The molecule has 0 saturated carbocycles. The third-order valence-corrected chi connectivity index (χ3v) is 6.00. The normalized spacial score (nSPS) is 15.3. The molecule has 0 unspecified atom stereocenters. The zero-order chi connectivity index (χ0) is 20.3. The number of sulfone groups is 1. The summed E-state index contributed by atoms with van der Waals surface area (Å²) < 4.78 is 29.0. The summed E-state index contributed by atoms with van der Waals surface area (Å²) in [7, 11) is -2.06. The lowest BCUT2D eigenvalue weighted by Gasteiger charge is -2.34. The number of nitro benzene ring substituents is 1. The number of piperidine rings is 1. The first-order chi connectivity index (χ1) is 13.3. The fraction of sp³-hybridized carbons (Fsp3) is 0.368. The van der Waals surface area contributed by atoms with Crippen molar-refractivity contribution in [3.05, 3.63) is 52.6 Å². The lowest BCUT2D eigenvalue weighted by Crippen LogP contribution is -2.39. The van der Waals surface area contributed by atoms with Crippen molar-refractivity contribution in [3.8, 4) is 5.75 Å². The molecule has 2 aromatic rings. The van der Waals surface area contributed by atoms with Gasteiger partial charge in [0, 0.05) is 31.1 Å². The number of rotatable bonds is 6. The van der Waals surface area contributed by atoms with E-state index < -0.39 is 14.8 Å². The van der Waals surface area contributed by atoms with Crippen molar-refractivity contribution < 1.29 is 18.1 Å². The van der Waals surface area contributed by atoms with Crippen LogP contribution in [0.15, 0.2) is 47.4 Å². The van der Waals surface area contributed by atoms with Crippen molar-refractivity contribution in [2.24, 2.45) is 0 Å². The number of methoxy groups -OCH3 is 1. The van der Waals surface area contributed by atoms with Crippen LogP contribution >= 0.6 is 0 Å². The van der Waals surface area contributed by atoms with Gasteiger partial charge in [-0.2, -0.15) is 0 Å². The zero-order valence-electron chi connectivity index (χ0n) is 15.8. The first-order valence-corrected chi connectivity index (χ1v) is 10.8. The molecule has 9 heteroatoms. The van der Waals surface area contributed by atoms with E-state index >= 15 is 0 Å². The molecule has 1 N–H and O–H groups in total. The van der Waals surface area contributed by atoms with Crippen molar-refractivity contribution in [1.29, 1.82) is 0 Å². The molecule has 2 aromatic carbocycles. The minimum absolute atomic E-state index is 0.0306. The number of hydrogen-bond donors (Lipinski definition) is 1. The predicted molar refractivity (Wildman–Crippen MR) is 108 cm³/mol. The summed E-state index contributed by atoms with van der Waals surface area (Å²) in [6.45, 7) is 1.59. The minimum Gasteiger partial charge on any atom is -0.497 e. The Balaban J connectivity index is 1.72. The molecular formula is C19H23N3O5S. The highest BCUT2D eigenvalue weighted by atomic mass is 32.2. The van der Waals surface area contributed by atoms with Crippen LogP contribution in [0.4, 0.5) is 17.1 Å². The Kier molecular flexibility index (Phi) is 5.73. The van der Waals surface area contributed by atoms with Gasteiger partial charge in [0.25, 0.3) is 0 Å². The smallest absolute Gasteiger partial charge is 0.310 e. The quantitative estimate of drug-likeness (QED) is 0.582. The van der Waals surface area contributed by atoms with Gasteiger partial charge < -0.3 is 15.0 Å². The predicted octanol–water partition coefficient (Wildman–Crippen LogP) is 3.09. The van der Waals surface area contributed by atoms with E-state index in [0.29, 0.717) is 0 Å². The van der Waals surface area contributed by atoms with Gasteiger partial charge in [0.05, 0.1) is 12.0 Å². The second-order valence-electron chi connectivity index (χ2n) is 6.79. The van der Waals surface area contributed by atoms with Crippen molar-refractivity contribution >= 4 is 26.9 Å². The number of anilines is 2. The molecule has 8 nitrogen and oxygen atoms in total. The van der Waals surface area contributed by atoms with Gasteiger partial charge in [-0.25, -0.2) is 8.42 Å². The highest BCUT2D eigenvalue weighted by Gasteiger charge is 2.28. The summed E-state index contributed by atoms with van der Waals surface area (Å²) in [5.74, 6) is 0.804. The molecule has 1 fully saturated rings. The van der Waals surface area contributed by atoms with Crippen molar-refractivity contribution in [1.82, 2.24) is 0 Å². The van der Waals surface area contributed by atoms with Crippen LogP contribution in [0.1, 0.15) is 12.8 Å². The Morgan fingerprint density at radius 3 is 2.32 bits per heavy atom. The molecule has 3 rings (SSSR count). The number of nitrogens with zero attached hydrogens (tertiary/aromatic N) is 2. The summed E-state index contributed by atoms with van der Waals surface area (Å²) in [5.41, 5.74) is 0.961. The Morgan fingerprint density at radius 1 is 1.14 bits per heavy atom. The minimum atomic E-state index is -3.69. The van der Waals surface area contributed by atoms with Crippen LogP contribution in [0, 0.1) is 10.1 Å². The summed E-state index contributed by atoms with van der Waals surface area (Å²) >= 11 is 0. The van der Waals surface area contributed by atoms with Gasteiger partial charge in [0.15, 0.2) is 9.84 Å². The van der Waals surface area contributed by atoms with E-state index in [1.165, 1.54) is 12.1 Å². The van der Waals surface area contributed by atoms with Gasteiger partial charge in [-0.1, -0.05) is 6.07 Å². The van der Waals surface area contributed by atoms with E-state index in [4.69, 9.17) is 4.74 Å². The number of ether oxygens (including phenoxy) is 1. The lowest BCUT2D eigenvalue weighted by atomic mass is 10.0. The first-order valence-electron chi connectivity index (χ1n) is 8.92. The van der Waals surface area contributed by atoms with Gasteiger partial charge in [0.1, 0.15) is 16.3 Å². The van der Waals surface area contributed by atoms with E-state index in [0.717, 1.165) is 43.6 Å². The highest BCUT2D eigenvalue weighted by molar-refractivity contribution is 7.90. The first kappa shape index (κ1) is 19.9. The van der Waals surface area contributed by atoms with Crippen LogP contribution in [0.2, 0.25) is 0 Å². The van der Waals surface area contributed by atoms with Crippen molar-refractivity contribution in [3.63, 3.8) is 0 Å². The van der Waals surface area contributed by atoms with Crippen LogP contribution in [0.25, 0.3) is 0 Å². The number of nitrogens with one attached hydrogen (secondary N) is 1. The molecule has 150 valence electrons. The van der Waals surface area contributed by atoms with E-state index in [-0.39, 0.29) is 22.3 Å². The molecule has 0 amide bonds. The molecule has 0 spiro atoms. The number of benzene rings is 2. The van der Waals surface area contributed by atoms with Crippen molar-refractivity contribution in [2.45, 2.75) is 23.8 Å². The Labute approximate surface area is 164 Å². The molecule has 28 heavy (non-hydrogen) atoms. The number of para-hydroxylation sites is 1. The second-order valence-corrected chi connectivity index (χ2v) is 8.77. The third kappa shape index (κ3) is 4.36. The topological polar surface area (TPSA) is 102 Å². The zero-order valence-corrected chi connectivity index (χ0v) is 16.6. The third-order valence-electron chi connectivity index (χ3n) is 4.87. The average molecular weight is 405 g/mol.